The largest absolute Gasteiger partial charge is 0.345 e. The first-order chi connectivity index (χ1) is 14.3. The lowest BCUT2D eigenvalue weighted by Gasteiger charge is -2.20. The number of sulfonamides is 1. The van der Waals surface area contributed by atoms with Gasteiger partial charge < -0.3 is 5.32 Å². The van der Waals surface area contributed by atoms with E-state index in [1.807, 2.05) is 44.2 Å². The van der Waals surface area contributed by atoms with Crippen molar-refractivity contribution in [1.82, 2.24) is 5.32 Å². The maximum absolute atomic E-state index is 13.0. The van der Waals surface area contributed by atoms with E-state index in [4.69, 9.17) is 0 Å². The van der Waals surface area contributed by atoms with Gasteiger partial charge in [-0.2, -0.15) is 0 Å². The van der Waals surface area contributed by atoms with Gasteiger partial charge in [-0.05, 0) is 49.2 Å². The molecule has 1 atom stereocenters. The standard InChI is InChI=1S/C24H26N2O3S/c1-4-23(19-15-13-18(2)14-16-19)25-24(27)20-9-8-12-22(17-20)30(28,29)26(3)21-10-6-5-7-11-21/h5-17,23H,4H2,1-3H3,(H,25,27). The number of rotatable bonds is 7. The molecule has 0 bridgehead atoms. The second-order valence-corrected chi connectivity index (χ2v) is 9.15. The van der Waals surface area contributed by atoms with Crippen LogP contribution in [0.1, 0.15) is 40.9 Å². The third-order valence-electron chi connectivity index (χ3n) is 5.07. The zero-order chi connectivity index (χ0) is 21.7. The minimum absolute atomic E-state index is 0.0740. The lowest BCUT2D eigenvalue weighted by Crippen LogP contribution is -2.29. The van der Waals surface area contributed by atoms with Crippen molar-refractivity contribution < 1.29 is 13.2 Å². The first kappa shape index (κ1) is 21.6. The van der Waals surface area contributed by atoms with E-state index >= 15 is 0 Å². The molecule has 5 nitrogen and oxygen atoms in total. The molecule has 3 rings (SSSR count). The predicted octanol–water partition coefficient (Wildman–Crippen LogP) is 4.70. The Hall–Kier alpha value is -3.12. The van der Waals surface area contributed by atoms with Gasteiger partial charge in [0.25, 0.3) is 15.9 Å². The van der Waals surface area contributed by atoms with Crippen LogP contribution in [0.15, 0.2) is 83.8 Å². The van der Waals surface area contributed by atoms with Gasteiger partial charge in [0.05, 0.1) is 16.6 Å². The number of benzene rings is 3. The second-order valence-electron chi connectivity index (χ2n) is 7.18. The normalized spacial score (nSPS) is 12.2. The molecule has 0 fully saturated rings. The van der Waals surface area contributed by atoms with Gasteiger partial charge in [0.1, 0.15) is 0 Å². The van der Waals surface area contributed by atoms with Crippen LogP contribution in [-0.4, -0.2) is 21.4 Å². The second kappa shape index (κ2) is 9.13. The summed E-state index contributed by atoms with van der Waals surface area (Å²) in [6.07, 6.45) is 0.726. The van der Waals surface area contributed by atoms with E-state index in [2.05, 4.69) is 5.32 Å². The van der Waals surface area contributed by atoms with E-state index in [1.54, 1.807) is 36.4 Å². The molecule has 1 amide bonds. The highest BCUT2D eigenvalue weighted by Crippen LogP contribution is 2.23. The molecule has 30 heavy (non-hydrogen) atoms. The van der Waals surface area contributed by atoms with Gasteiger partial charge in [-0.15, -0.1) is 0 Å². The van der Waals surface area contributed by atoms with Crippen LogP contribution in [0.2, 0.25) is 0 Å². The van der Waals surface area contributed by atoms with Crippen LogP contribution in [-0.2, 0) is 10.0 Å². The highest BCUT2D eigenvalue weighted by Gasteiger charge is 2.23. The maximum Gasteiger partial charge on any atom is 0.264 e. The third-order valence-corrected chi connectivity index (χ3v) is 6.85. The molecule has 0 radical (unpaired) electrons. The van der Waals surface area contributed by atoms with E-state index < -0.39 is 10.0 Å². The van der Waals surface area contributed by atoms with Gasteiger partial charge in [0.2, 0.25) is 0 Å². The number of carbonyl (C=O) groups is 1. The fourth-order valence-electron chi connectivity index (χ4n) is 3.19. The topological polar surface area (TPSA) is 66.5 Å². The molecule has 6 heteroatoms. The molecule has 0 saturated carbocycles. The fourth-order valence-corrected chi connectivity index (χ4v) is 4.44. The van der Waals surface area contributed by atoms with Crippen LogP contribution >= 0.6 is 0 Å². The Kier molecular flexibility index (Phi) is 6.57. The summed E-state index contributed by atoms with van der Waals surface area (Å²) in [5, 5.41) is 3.01. The molecule has 156 valence electrons. The van der Waals surface area contributed by atoms with Crippen molar-refractivity contribution in [2.45, 2.75) is 31.2 Å². The number of carbonyl (C=O) groups excluding carboxylic acids is 1. The minimum atomic E-state index is -3.79. The molecular formula is C24H26N2O3S. The molecule has 1 unspecified atom stereocenters. The lowest BCUT2D eigenvalue weighted by atomic mass is 10.0. The van der Waals surface area contributed by atoms with Gasteiger partial charge in [0, 0.05) is 12.6 Å². The Morgan fingerprint density at radius 2 is 1.63 bits per heavy atom. The molecule has 0 aliphatic carbocycles. The number of hydrogen-bond acceptors (Lipinski definition) is 3. The zero-order valence-corrected chi connectivity index (χ0v) is 18.2. The highest BCUT2D eigenvalue weighted by molar-refractivity contribution is 7.92. The van der Waals surface area contributed by atoms with Crippen molar-refractivity contribution in [2.75, 3.05) is 11.4 Å². The highest BCUT2D eigenvalue weighted by atomic mass is 32.2. The van der Waals surface area contributed by atoms with Crippen molar-refractivity contribution in [2.24, 2.45) is 0 Å². The van der Waals surface area contributed by atoms with E-state index in [0.29, 0.717) is 11.3 Å². The van der Waals surface area contributed by atoms with Gasteiger partial charge in [-0.3, -0.25) is 9.10 Å². The molecule has 0 heterocycles. The van der Waals surface area contributed by atoms with E-state index in [0.717, 1.165) is 17.5 Å². The Morgan fingerprint density at radius 1 is 0.967 bits per heavy atom. The quantitative estimate of drug-likeness (QED) is 0.600. The SMILES string of the molecule is CCC(NC(=O)c1cccc(S(=O)(=O)N(C)c2ccccc2)c1)c1ccc(C)cc1. The summed E-state index contributed by atoms with van der Waals surface area (Å²) in [5.41, 5.74) is 3.03. The molecule has 1 N–H and O–H groups in total. The smallest absolute Gasteiger partial charge is 0.264 e. The van der Waals surface area contributed by atoms with Crippen molar-refractivity contribution in [3.63, 3.8) is 0 Å². The number of para-hydroxylation sites is 1. The molecular weight excluding hydrogens is 396 g/mol. The van der Waals surface area contributed by atoms with Crippen LogP contribution in [0.5, 0.6) is 0 Å². The minimum Gasteiger partial charge on any atom is -0.345 e. The van der Waals surface area contributed by atoms with Crippen LogP contribution in [0.4, 0.5) is 5.69 Å². The van der Waals surface area contributed by atoms with Crippen molar-refractivity contribution in [3.8, 4) is 0 Å². The molecule has 3 aromatic carbocycles. The first-order valence-electron chi connectivity index (χ1n) is 9.84. The van der Waals surface area contributed by atoms with Crippen molar-refractivity contribution in [1.29, 1.82) is 0 Å². The number of anilines is 1. The summed E-state index contributed by atoms with van der Waals surface area (Å²) >= 11 is 0. The average molecular weight is 423 g/mol. The number of amides is 1. The average Bonchev–Trinajstić information content (AvgIpc) is 2.78. The monoisotopic (exact) mass is 422 g/mol. The van der Waals surface area contributed by atoms with Gasteiger partial charge in [-0.25, -0.2) is 8.42 Å². The van der Waals surface area contributed by atoms with Crippen LogP contribution in [0.25, 0.3) is 0 Å². The van der Waals surface area contributed by atoms with Crippen molar-refractivity contribution >= 4 is 21.6 Å². The summed E-state index contributed by atoms with van der Waals surface area (Å²) in [4.78, 5) is 12.9. The Morgan fingerprint density at radius 3 is 2.27 bits per heavy atom. The first-order valence-corrected chi connectivity index (χ1v) is 11.3. The van der Waals surface area contributed by atoms with E-state index in [9.17, 15) is 13.2 Å². The van der Waals surface area contributed by atoms with Gasteiger partial charge in [-0.1, -0.05) is 61.0 Å². The van der Waals surface area contributed by atoms with Crippen molar-refractivity contribution in [3.05, 3.63) is 95.6 Å². The summed E-state index contributed by atoms with van der Waals surface area (Å²) in [6, 6.07) is 22.8. The predicted molar refractivity (Wildman–Crippen MR) is 120 cm³/mol. The zero-order valence-electron chi connectivity index (χ0n) is 17.4. The number of nitrogens with one attached hydrogen (secondary N) is 1. The van der Waals surface area contributed by atoms with Gasteiger partial charge >= 0.3 is 0 Å². The van der Waals surface area contributed by atoms with Crippen LogP contribution < -0.4 is 9.62 Å². The lowest BCUT2D eigenvalue weighted by molar-refractivity contribution is 0.0935. The molecule has 0 aliphatic rings. The Balaban J connectivity index is 1.83. The maximum atomic E-state index is 13.0. The van der Waals surface area contributed by atoms with Crippen LogP contribution in [0, 0.1) is 6.92 Å². The summed E-state index contributed by atoms with van der Waals surface area (Å²) < 4.78 is 27.3. The van der Waals surface area contributed by atoms with Gasteiger partial charge in [0.15, 0.2) is 0 Å². The Bertz CT molecular complexity index is 1110. The molecule has 0 aliphatic heterocycles. The summed E-state index contributed by atoms with van der Waals surface area (Å²) in [6.45, 7) is 4.02. The number of hydrogen-bond donors (Lipinski definition) is 1. The van der Waals surface area contributed by atoms with E-state index in [-0.39, 0.29) is 16.8 Å². The molecule has 3 aromatic rings. The van der Waals surface area contributed by atoms with Crippen LogP contribution in [0.3, 0.4) is 0 Å². The fraction of sp³-hybridized carbons (Fsp3) is 0.208. The number of aryl methyl sites for hydroxylation is 1. The third kappa shape index (κ3) is 4.71. The summed E-state index contributed by atoms with van der Waals surface area (Å²) in [5.74, 6) is -0.304. The molecule has 0 spiro atoms. The Labute approximate surface area is 178 Å². The summed E-state index contributed by atoms with van der Waals surface area (Å²) in [7, 11) is -2.28. The van der Waals surface area contributed by atoms with E-state index in [1.165, 1.54) is 23.5 Å². The molecule has 0 saturated heterocycles. The number of nitrogens with zero attached hydrogens (tertiary/aromatic N) is 1. The molecule has 0 aromatic heterocycles.